The van der Waals surface area contributed by atoms with E-state index in [2.05, 4.69) is 13.8 Å². The lowest BCUT2D eigenvalue weighted by Gasteiger charge is -2.27. The van der Waals surface area contributed by atoms with Gasteiger partial charge in [0.05, 0.1) is 13.0 Å². The van der Waals surface area contributed by atoms with Gasteiger partial charge in [0.25, 0.3) is 0 Å². The van der Waals surface area contributed by atoms with Crippen LogP contribution in [-0.4, -0.2) is 18.2 Å². The van der Waals surface area contributed by atoms with Crippen LogP contribution in [0.25, 0.3) is 0 Å². The Morgan fingerprint density at radius 3 is 2.39 bits per heavy atom. The molecule has 0 saturated heterocycles. The van der Waals surface area contributed by atoms with Gasteiger partial charge in [-0.3, -0.25) is 4.79 Å². The molecule has 0 amide bonds. The Morgan fingerprint density at radius 2 is 1.83 bits per heavy atom. The number of carboxylic acids is 1. The lowest BCUT2D eigenvalue weighted by Crippen LogP contribution is -2.24. The van der Waals surface area contributed by atoms with Crippen LogP contribution < -0.4 is 4.74 Å². The standard InChI is InChI=1S/C15H20O3/c1-8-9(2)14(18-4)10(3)12-6-5-11(15(16)17)7-13(8)12/h11H,5-7H2,1-4H3,(H,16,17). The molecule has 1 aliphatic rings. The number of carbonyl (C=O) groups is 1. The highest BCUT2D eigenvalue weighted by atomic mass is 16.5. The molecule has 0 aromatic heterocycles. The van der Waals surface area contributed by atoms with E-state index < -0.39 is 5.97 Å². The maximum atomic E-state index is 11.1. The van der Waals surface area contributed by atoms with E-state index in [0.717, 1.165) is 24.2 Å². The number of aliphatic carboxylic acids is 1. The van der Waals surface area contributed by atoms with Gasteiger partial charge in [-0.1, -0.05) is 0 Å². The molecule has 1 aromatic carbocycles. The summed E-state index contributed by atoms with van der Waals surface area (Å²) in [5.41, 5.74) is 6.04. The summed E-state index contributed by atoms with van der Waals surface area (Å²) in [5.74, 6) is 0.0506. The largest absolute Gasteiger partial charge is 0.496 e. The van der Waals surface area contributed by atoms with Gasteiger partial charge in [-0.15, -0.1) is 0 Å². The van der Waals surface area contributed by atoms with Crippen LogP contribution in [0.5, 0.6) is 5.75 Å². The summed E-state index contributed by atoms with van der Waals surface area (Å²) < 4.78 is 5.48. The van der Waals surface area contributed by atoms with Crippen LogP contribution in [0.4, 0.5) is 0 Å². The number of hydrogen-bond donors (Lipinski definition) is 1. The Kier molecular flexibility index (Phi) is 3.33. The summed E-state index contributed by atoms with van der Waals surface area (Å²) in [6.07, 6.45) is 2.23. The molecular weight excluding hydrogens is 228 g/mol. The van der Waals surface area contributed by atoms with Crippen molar-refractivity contribution < 1.29 is 14.6 Å². The Balaban J connectivity index is 2.56. The van der Waals surface area contributed by atoms with Gasteiger partial charge in [-0.25, -0.2) is 0 Å². The molecule has 0 heterocycles. The molecule has 3 heteroatoms. The summed E-state index contributed by atoms with van der Waals surface area (Å²) in [6, 6.07) is 0. The van der Waals surface area contributed by atoms with Crippen molar-refractivity contribution in [2.45, 2.75) is 40.0 Å². The molecule has 1 aromatic rings. The molecule has 18 heavy (non-hydrogen) atoms. The molecule has 98 valence electrons. The molecule has 0 bridgehead atoms. The van der Waals surface area contributed by atoms with E-state index in [0.29, 0.717) is 6.42 Å². The Morgan fingerprint density at radius 1 is 1.17 bits per heavy atom. The number of carboxylic acid groups (broad SMARTS) is 1. The van der Waals surface area contributed by atoms with Crippen molar-refractivity contribution in [2.75, 3.05) is 7.11 Å². The fourth-order valence-corrected chi connectivity index (χ4v) is 3.07. The van der Waals surface area contributed by atoms with Crippen LogP contribution in [0.1, 0.15) is 34.2 Å². The summed E-state index contributed by atoms with van der Waals surface area (Å²) in [5, 5.41) is 9.17. The minimum Gasteiger partial charge on any atom is -0.496 e. The van der Waals surface area contributed by atoms with Crippen LogP contribution >= 0.6 is 0 Å². The van der Waals surface area contributed by atoms with Gasteiger partial charge in [0.2, 0.25) is 0 Å². The molecule has 3 nitrogen and oxygen atoms in total. The zero-order chi connectivity index (χ0) is 13.4. The highest BCUT2D eigenvalue weighted by Crippen LogP contribution is 2.38. The zero-order valence-corrected chi connectivity index (χ0v) is 11.5. The van der Waals surface area contributed by atoms with Gasteiger partial charge in [-0.05, 0) is 67.9 Å². The number of methoxy groups -OCH3 is 1. The molecule has 0 radical (unpaired) electrons. The predicted molar refractivity (Wildman–Crippen MR) is 70.4 cm³/mol. The van der Waals surface area contributed by atoms with E-state index in [1.54, 1.807) is 7.11 Å². The summed E-state index contributed by atoms with van der Waals surface area (Å²) >= 11 is 0. The van der Waals surface area contributed by atoms with Gasteiger partial charge in [0.15, 0.2) is 0 Å². The number of benzene rings is 1. The van der Waals surface area contributed by atoms with Crippen molar-refractivity contribution in [3.63, 3.8) is 0 Å². The first-order valence-corrected chi connectivity index (χ1v) is 6.35. The third kappa shape index (κ3) is 1.88. The quantitative estimate of drug-likeness (QED) is 0.875. The molecule has 1 aliphatic carbocycles. The summed E-state index contributed by atoms with van der Waals surface area (Å²) in [6.45, 7) is 6.19. The molecular formula is C15H20O3. The van der Waals surface area contributed by atoms with Crippen LogP contribution in [0.3, 0.4) is 0 Å². The van der Waals surface area contributed by atoms with E-state index in [1.165, 1.54) is 22.3 Å². The normalized spacial score (nSPS) is 18.3. The lowest BCUT2D eigenvalue weighted by molar-refractivity contribution is -0.142. The topological polar surface area (TPSA) is 46.5 Å². The third-order valence-corrected chi connectivity index (χ3v) is 4.26. The van der Waals surface area contributed by atoms with E-state index in [1.807, 2.05) is 6.92 Å². The van der Waals surface area contributed by atoms with Gasteiger partial charge in [0.1, 0.15) is 5.75 Å². The monoisotopic (exact) mass is 248 g/mol. The van der Waals surface area contributed by atoms with Crippen LogP contribution in [-0.2, 0) is 17.6 Å². The Bertz CT molecular complexity index is 503. The third-order valence-electron chi connectivity index (χ3n) is 4.26. The number of rotatable bonds is 2. The fourth-order valence-electron chi connectivity index (χ4n) is 3.07. The average Bonchev–Trinajstić information content (AvgIpc) is 2.36. The maximum absolute atomic E-state index is 11.1. The molecule has 1 atom stereocenters. The van der Waals surface area contributed by atoms with Crippen molar-refractivity contribution in [3.8, 4) is 5.75 Å². The van der Waals surface area contributed by atoms with Crippen LogP contribution in [0.2, 0.25) is 0 Å². The second kappa shape index (κ2) is 4.63. The number of ether oxygens (including phenoxy) is 1. The van der Waals surface area contributed by atoms with Gasteiger partial charge < -0.3 is 9.84 Å². The van der Waals surface area contributed by atoms with Crippen molar-refractivity contribution in [1.29, 1.82) is 0 Å². The summed E-state index contributed by atoms with van der Waals surface area (Å²) in [4.78, 5) is 11.1. The molecule has 1 N–H and O–H groups in total. The SMILES string of the molecule is COc1c(C)c(C)c2c(c1C)CCC(C(=O)O)C2. The minimum atomic E-state index is -0.675. The van der Waals surface area contributed by atoms with Gasteiger partial charge in [0, 0.05) is 0 Å². The number of fused-ring (bicyclic) bond motifs is 1. The smallest absolute Gasteiger partial charge is 0.306 e. The highest BCUT2D eigenvalue weighted by molar-refractivity contribution is 5.71. The Hall–Kier alpha value is -1.51. The Labute approximate surface area is 108 Å². The predicted octanol–water partition coefficient (Wildman–Crippen LogP) is 2.81. The first-order valence-electron chi connectivity index (χ1n) is 6.35. The van der Waals surface area contributed by atoms with E-state index in [-0.39, 0.29) is 5.92 Å². The lowest BCUT2D eigenvalue weighted by atomic mass is 9.78. The summed E-state index contributed by atoms with van der Waals surface area (Å²) in [7, 11) is 1.70. The molecule has 0 saturated carbocycles. The van der Waals surface area contributed by atoms with E-state index in [9.17, 15) is 4.79 Å². The first kappa shape index (κ1) is 12.9. The van der Waals surface area contributed by atoms with Crippen LogP contribution in [0, 0.1) is 26.7 Å². The molecule has 0 spiro atoms. The molecule has 1 unspecified atom stereocenters. The van der Waals surface area contributed by atoms with Gasteiger partial charge >= 0.3 is 5.97 Å². The van der Waals surface area contributed by atoms with Crippen LogP contribution in [0.15, 0.2) is 0 Å². The zero-order valence-electron chi connectivity index (χ0n) is 11.5. The van der Waals surface area contributed by atoms with E-state index in [4.69, 9.17) is 9.84 Å². The van der Waals surface area contributed by atoms with Crippen molar-refractivity contribution in [3.05, 3.63) is 27.8 Å². The van der Waals surface area contributed by atoms with Gasteiger partial charge in [-0.2, -0.15) is 0 Å². The highest BCUT2D eigenvalue weighted by Gasteiger charge is 2.28. The fraction of sp³-hybridized carbons (Fsp3) is 0.533. The number of hydrogen-bond acceptors (Lipinski definition) is 2. The van der Waals surface area contributed by atoms with Crippen molar-refractivity contribution >= 4 is 5.97 Å². The first-order chi connectivity index (χ1) is 8.47. The van der Waals surface area contributed by atoms with Crippen molar-refractivity contribution in [1.82, 2.24) is 0 Å². The second-order valence-corrected chi connectivity index (χ2v) is 5.14. The molecule has 2 rings (SSSR count). The minimum absolute atomic E-state index is 0.233. The van der Waals surface area contributed by atoms with E-state index >= 15 is 0 Å². The average molecular weight is 248 g/mol. The maximum Gasteiger partial charge on any atom is 0.306 e. The molecule has 0 aliphatic heterocycles. The molecule has 0 fully saturated rings. The second-order valence-electron chi connectivity index (χ2n) is 5.14. The van der Waals surface area contributed by atoms with Crippen molar-refractivity contribution in [2.24, 2.45) is 5.92 Å².